The number of esters is 2. The van der Waals surface area contributed by atoms with Gasteiger partial charge in [0.25, 0.3) is 0 Å². The Morgan fingerprint density at radius 3 is 1.47 bits per heavy atom. The summed E-state index contributed by atoms with van der Waals surface area (Å²) in [4.78, 5) is 22.6. The molecule has 0 aliphatic rings. The molecule has 88 valence electrons. The Morgan fingerprint density at radius 1 is 0.941 bits per heavy atom. The van der Waals surface area contributed by atoms with Crippen molar-refractivity contribution in [3.63, 3.8) is 0 Å². The van der Waals surface area contributed by atoms with Crippen LogP contribution in [0.4, 0.5) is 0 Å². The molecule has 0 saturated carbocycles. The maximum Gasteiger partial charge on any atom is 1.00 e. The van der Waals surface area contributed by atoms with Gasteiger partial charge in [0.05, 0.1) is 24.3 Å². The predicted octanol–water partition coefficient (Wildman–Crippen LogP) is -0.843. The van der Waals surface area contributed by atoms with E-state index < -0.39 is 11.9 Å². The quantitative estimate of drug-likeness (QED) is 0.524. The van der Waals surface area contributed by atoms with Crippen molar-refractivity contribution in [1.29, 1.82) is 0 Å². The monoisotopic (exact) mass is 262 g/mol. The molecule has 0 radical (unpaired) electrons. The van der Waals surface area contributed by atoms with E-state index in [4.69, 9.17) is 9.47 Å². The van der Waals surface area contributed by atoms with Gasteiger partial charge in [0, 0.05) is 0 Å². The van der Waals surface area contributed by atoms with Crippen LogP contribution in [0.25, 0.3) is 0 Å². The summed E-state index contributed by atoms with van der Waals surface area (Å²) in [6, 6.07) is 6.18. The maximum atomic E-state index is 11.3. The molecule has 0 saturated heterocycles. The minimum absolute atomic E-state index is 0. The van der Waals surface area contributed by atoms with Crippen LogP contribution >= 0.6 is 0 Å². The van der Waals surface area contributed by atoms with Crippen molar-refractivity contribution in [3.05, 3.63) is 35.4 Å². The molecule has 0 heterocycles. The first-order valence-corrected chi connectivity index (χ1v) is 5.13. The second kappa shape index (κ2) is 8.82. The molecule has 1 aromatic carbocycles. The fourth-order valence-corrected chi connectivity index (χ4v) is 1.17. The van der Waals surface area contributed by atoms with Crippen LogP contribution in [0.2, 0.25) is 0 Å². The molecule has 0 N–H and O–H groups in total. The first kappa shape index (κ1) is 16.8. The standard InChI is InChI=1S/C12H14O4.K.H/c1-3-15-11(13)9-5-7-10(8-6-9)12(14)16-4-2;;/h5-8H,3-4H2,1-2H3;;/q;+1;-1. The Kier molecular flexibility index (Phi) is 8.72. The molecule has 0 fully saturated rings. The van der Waals surface area contributed by atoms with E-state index >= 15 is 0 Å². The van der Waals surface area contributed by atoms with Gasteiger partial charge in [-0.15, -0.1) is 0 Å². The van der Waals surface area contributed by atoms with Crippen molar-refractivity contribution < 1.29 is 71.9 Å². The smallest absolute Gasteiger partial charge is 1.00 e. The SMILES string of the molecule is CCOC(=O)c1ccc(C(=O)OCC)cc1.[H-].[K+]. The van der Waals surface area contributed by atoms with Crippen LogP contribution in [0.15, 0.2) is 24.3 Å². The third kappa shape index (κ3) is 5.31. The van der Waals surface area contributed by atoms with Crippen molar-refractivity contribution in [3.8, 4) is 0 Å². The third-order valence-corrected chi connectivity index (χ3v) is 1.91. The minimum atomic E-state index is -0.391. The third-order valence-electron chi connectivity index (χ3n) is 1.91. The maximum absolute atomic E-state index is 11.3. The molecule has 0 amide bonds. The van der Waals surface area contributed by atoms with Crippen molar-refractivity contribution in [1.82, 2.24) is 0 Å². The summed E-state index contributed by atoms with van der Waals surface area (Å²) < 4.78 is 9.64. The van der Waals surface area contributed by atoms with Crippen molar-refractivity contribution >= 4 is 11.9 Å². The molecule has 17 heavy (non-hydrogen) atoms. The average molecular weight is 262 g/mol. The minimum Gasteiger partial charge on any atom is -1.00 e. The van der Waals surface area contributed by atoms with Crippen molar-refractivity contribution in [2.75, 3.05) is 13.2 Å². The van der Waals surface area contributed by atoms with Gasteiger partial charge in [-0.05, 0) is 38.1 Å². The number of benzene rings is 1. The van der Waals surface area contributed by atoms with Gasteiger partial charge < -0.3 is 10.9 Å². The first-order valence-electron chi connectivity index (χ1n) is 5.13. The fourth-order valence-electron chi connectivity index (χ4n) is 1.17. The van der Waals surface area contributed by atoms with Crippen molar-refractivity contribution in [2.24, 2.45) is 0 Å². The molecule has 0 unspecified atom stereocenters. The molecule has 0 spiro atoms. The zero-order valence-corrected chi connectivity index (χ0v) is 13.5. The number of carbonyl (C=O) groups excluding carboxylic acids is 2. The molecule has 0 atom stereocenters. The van der Waals surface area contributed by atoms with Gasteiger partial charge in [-0.25, -0.2) is 9.59 Å². The van der Waals surface area contributed by atoms with E-state index in [2.05, 4.69) is 0 Å². The van der Waals surface area contributed by atoms with E-state index in [0.29, 0.717) is 24.3 Å². The predicted molar refractivity (Wildman–Crippen MR) is 59.5 cm³/mol. The van der Waals surface area contributed by atoms with Gasteiger partial charge in [0.2, 0.25) is 0 Å². The molecule has 0 aliphatic carbocycles. The number of hydrogen-bond donors (Lipinski definition) is 0. The summed E-state index contributed by atoms with van der Waals surface area (Å²) >= 11 is 0. The molecule has 4 nitrogen and oxygen atoms in total. The topological polar surface area (TPSA) is 52.6 Å². The Labute approximate surface area is 145 Å². The summed E-state index contributed by atoms with van der Waals surface area (Å²) in [5, 5.41) is 0. The summed E-state index contributed by atoms with van der Waals surface area (Å²) in [6.45, 7) is 4.15. The van der Waals surface area contributed by atoms with Gasteiger partial charge >= 0.3 is 63.3 Å². The Morgan fingerprint density at radius 2 is 1.24 bits per heavy atom. The second-order valence-electron chi connectivity index (χ2n) is 3.02. The molecule has 5 heteroatoms. The number of carbonyl (C=O) groups is 2. The summed E-state index contributed by atoms with van der Waals surface area (Å²) in [7, 11) is 0. The molecular weight excluding hydrogens is 247 g/mol. The number of ether oxygens (including phenoxy) is 2. The van der Waals surface area contributed by atoms with E-state index in [1.165, 1.54) is 0 Å². The van der Waals surface area contributed by atoms with E-state index in [0.717, 1.165) is 0 Å². The van der Waals surface area contributed by atoms with Crippen LogP contribution < -0.4 is 51.4 Å². The van der Waals surface area contributed by atoms with E-state index in [1.807, 2.05) is 0 Å². The van der Waals surface area contributed by atoms with Crippen LogP contribution in [0, 0.1) is 0 Å². The zero-order chi connectivity index (χ0) is 12.0. The normalized spacial score (nSPS) is 9.06. The zero-order valence-electron chi connectivity index (χ0n) is 11.4. The summed E-state index contributed by atoms with van der Waals surface area (Å²) in [5.41, 5.74) is 0.852. The molecule has 0 aliphatic heterocycles. The molecule has 1 rings (SSSR count). The summed E-state index contributed by atoms with van der Waals surface area (Å²) in [6.07, 6.45) is 0. The Hall–Kier alpha value is -0.204. The Bertz CT molecular complexity index is 341. The first-order chi connectivity index (χ1) is 7.69. The second-order valence-corrected chi connectivity index (χ2v) is 3.02. The Balaban J connectivity index is 0. The van der Waals surface area contributed by atoms with Crippen LogP contribution in [-0.2, 0) is 9.47 Å². The van der Waals surface area contributed by atoms with Crippen LogP contribution in [0.3, 0.4) is 0 Å². The number of hydrogen-bond acceptors (Lipinski definition) is 4. The van der Waals surface area contributed by atoms with Gasteiger partial charge in [-0.1, -0.05) is 0 Å². The molecule has 0 aromatic heterocycles. The fraction of sp³-hybridized carbons (Fsp3) is 0.333. The largest absolute Gasteiger partial charge is 1.00 e. The molecule has 0 bridgehead atoms. The van der Waals surface area contributed by atoms with Crippen LogP contribution in [-0.4, -0.2) is 25.2 Å². The van der Waals surface area contributed by atoms with Gasteiger partial charge in [-0.2, -0.15) is 0 Å². The summed E-state index contributed by atoms with van der Waals surface area (Å²) in [5.74, 6) is -0.782. The van der Waals surface area contributed by atoms with Gasteiger partial charge in [-0.3, -0.25) is 0 Å². The molecule has 1 aromatic rings. The molecular formula is C12H15KO4. The van der Waals surface area contributed by atoms with E-state index in [-0.39, 0.29) is 52.8 Å². The van der Waals surface area contributed by atoms with Crippen LogP contribution in [0.5, 0.6) is 0 Å². The van der Waals surface area contributed by atoms with Gasteiger partial charge in [0.15, 0.2) is 0 Å². The van der Waals surface area contributed by atoms with Crippen LogP contribution in [0.1, 0.15) is 36.0 Å². The van der Waals surface area contributed by atoms with Gasteiger partial charge in [0.1, 0.15) is 0 Å². The van der Waals surface area contributed by atoms with E-state index in [9.17, 15) is 9.59 Å². The van der Waals surface area contributed by atoms with Crippen molar-refractivity contribution in [2.45, 2.75) is 13.8 Å². The number of rotatable bonds is 4. The van der Waals surface area contributed by atoms with E-state index in [1.54, 1.807) is 38.1 Å². The average Bonchev–Trinajstić information content (AvgIpc) is 2.30.